The standard InChI is InChI=1S/C10H7NOS/c12-7-8-2-1-3-9(6-8)10-4-5-13-11-10/h1-7H. The molecule has 0 spiro atoms. The van der Waals surface area contributed by atoms with Gasteiger partial charge in [-0.05, 0) is 23.7 Å². The molecule has 0 amide bonds. The Kier molecular flexibility index (Phi) is 2.19. The van der Waals surface area contributed by atoms with Gasteiger partial charge in [-0.3, -0.25) is 4.79 Å². The minimum absolute atomic E-state index is 0.686. The molecule has 0 unspecified atom stereocenters. The number of carbonyl (C=O) groups is 1. The molecule has 0 aliphatic carbocycles. The first-order chi connectivity index (χ1) is 6.40. The predicted molar refractivity (Wildman–Crippen MR) is 52.9 cm³/mol. The third-order valence-electron chi connectivity index (χ3n) is 1.76. The van der Waals surface area contributed by atoms with E-state index < -0.39 is 0 Å². The van der Waals surface area contributed by atoms with Gasteiger partial charge >= 0.3 is 0 Å². The first-order valence-corrected chi connectivity index (χ1v) is 4.70. The average Bonchev–Trinajstić information content (AvgIpc) is 2.71. The topological polar surface area (TPSA) is 30.0 Å². The van der Waals surface area contributed by atoms with Gasteiger partial charge in [0.2, 0.25) is 0 Å². The molecule has 1 aromatic carbocycles. The third kappa shape index (κ3) is 1.65. The maximum atomic E-state index is 10.5. The van der Waals surface area contributed by atoms with E-state index in [4.69, 9.17) is 0 Å². The van der Waals surface area contributed by atoms with E-state index in [1.54, 1.807) is 6.07 Å². The summed E-state index contributed by atoms with van der Waals surface area (Å²) >= 11 is 1.41. The minimum Gasteiger partial charge on any atom is -0.298 e. The Morgan fingerprint density at radius 2 is 2.23 bits per heavy atom. The van der Waals surface area contributed by atoms with Crippen molar-refractivity contribution >= 4 is 17.8 Å². The van der Waals surface area contributed by atoms with E-state index in [2.05, 4.69) is 4.37 Å². The Hall–Kier alpha value is -1.48. The van der Waals surface area contributed by atoms with Gasteiger partial charge in [0, 0.05) is 16.5 Å². The van der Waals surface area contributed by atoms with Crippen molar-refractivity contribution in [3.63, 3.8) is 0 Å². The van der Waals surface area contributed by atoms with Crippen molar-refractivity contribution in [2.24, 2.45) is 0 Å². The zero-order chi connectivity index (χ0) is 9.10. The lowest BCUT2D eigenvalue weighted by Gasteiger charge is -1.96. The predicted octanol–water partition coefficient (Wildman–Crippen LogP) is 2.62. The summed E-state index contributed by atoms with van der Waals surface area (Å²) in [6, 6.07) is 9.36. The van der Waals surface area contributed by atoms with Crippen LogP contribution < -0.4 is 0 Å². The molecule has 1 aromatic heterocycles. The molecule has 0 fully saturated rings. The summed E-state index contributed by atoms with van der Waals surface area (Å²) in [6.45, 7) is 0. The van der Waals surface area contributed by atoms with Crippen LogP contribution in [0.1, 0.15) is 10.4 Å². The summed E-state index contributed by atoms with van der Waals surface area (Å²) in [5.74, 6) is 0. The largest absolute Gasteiger partial charge is 0.298 e. The number of hydrogen-bond acceptors (Lipinski definition) is 3. The van der Waals surface area contributed by atoms with Crippen LogP contribution in [0.5, 0.6) is 0 Å². The number of rotatable bonds is 2. The molecular formula is C10H7NOS. The van der Waals surface area contributed by atoms with Gasteiger partial charge in [0.05, 0.1) is 5.69 Å². The van der Waals surface area contributed by atoms with Crippen LogP contribution >= 0.6 is 11.5 Å². The maximum absolute atomic E-state index is 10.5. The molecule has 0 radical (unpaired) electrons. The first-order valence-electron chi connectivity index (χ1n) is 3.86. The van der Waals surface area contributed by atoms with E-state index in [9.17, 15) is 4.79 Å². The van der Waals surface area contributed by atoms with Crippen LogP contribution in [0.3, 0.4) is 0 Å². The van der Waals surface area contributed by atoms with Gasteiger partial charge in [0.25, 0.3) is 0 Å². The summed E-state index contributed by atoms with van der Waals surface area (Å²) in [5.41, 5.74) is 2.60. The van der Waals surface area contributed by atoms with Crippen LogP contribution in [0.2, 0.25) is 0 Å². The van der Waals surface area contributed by atoms with Crippen LogP contribution in [0.4, 0.5) is 0 Å². The normalized spacial score (nSPS) is 9.85. The smallest absolute Gasteiger partial charge is 0.150 e. The van der Waals surface area contributed by atoms with E-state index in [0.717, 1.165) is 17.5 Å². The molecule has 0 atom stereocenters. The maximum Gasteiger partial charge on any atom is 0.150 e. The van der Waals surface area contributed by atoms with Crippen molar-refractivity contribution in [3.05, 3.63) is 41.3 Å². The second-order valence-corrected chi connectivity index (χ2v) is 3.29. The molecule has 0 N–H and O–H groups in total. The molecule has 0 bridgehead atoms. The molecule has 0 aliphatic rings. The molecule has 0 saturated heterocycles. The number of aldehydes is 1. The fourth-order valence-electron chi connectivity index (χ4n) is 1.13. The summed E-state index contributed by atoms with van der Waals surface area (Å²) in [5, 5.41) is 1.92. The fraction of sp³-hybridized carbons (Fsp3) is 0. The highest BCUT2D eigenvalue weighted by molar-refractivity contribution is 7.03. The zero-order valence-electron chi connectivity index (χ0n) is 6.81. The molecule has 0 saturated carbocycles. The van der Waals surface area contributed by atoms with Crippen LogP contribution in [0, 0.1) is 0 Å². The summed E-state index contributed by atoms with van der Waals surface area (Å²) in [4.78, 5) is 10.5. The van der Waals surface area contributed by atoms with Crippen LogP contribution in [-0.2, 0) is 0 Å². The van der Waals surface area contributed by atoms with Crippen molar-refractivity contribution in [3.8, 4) is 11.3 Å². The van der Waals surface area contributed by atoms with Crippen molar-refractivity contribution in [1.82, 2.24) is 4.37 Å². The molecule has 64 valence electrons. The highest BCUT2D eigenvalue weighted by atomic mass is 32.1. The van der Waals surface area contributed by atoms with E-state index in [1.807, 2.05) is 29.6 Å². The highest BCUT2D eigenvalue weighted by Crippen LogP contribution is 2.18. The summed E-state index contributed by atoms with van der Waals surface area (Å²) in [6.07, 6.45) is 0.843. The zero-order valence-corrected chi connectivity index (χ0v) is 7.62. The quantitative estimate of drug-likeness (QED) is 0.680. The molecule has 2 aromatic rings. The average molecular weight is 189 g/mol. The summed E-state index contributed by atoms with van der Waals surface area (Å²) < 4.78 is 4.19. The van der Waals surface area contributed by atoms with E-state index in [0.29, 0.717) is 5.56 Å². The number of hydrogen-bond donors (Lipinski definition) is 0. The Balaban J connectivity index is 2.47. The molecule has 13 heavy (non-hydrogen) atoms. The van der Waals surface area contributed by atoms with Crippen molar-refractivity contribution in [2.75, 3.05) is 0 Å². The van der Waals surface area contributed by atoms with E-state index in [1.165, 1.54) is 11.5 Å². The van der Waals surface area contributed by atoms with Crippen molar-refractivity contribution in [1.29, 1.82) is 0 Å². The van der Waals surface area contributed by atoms with Gasteiger partial charge < -0.3 is 0 Å². The van der Waals surface area contributed by atoms with Gasteiger partial charge in [-0.1, -0.05) is 18.2 Å². The minimum atomic E-state index is 0.686. The molecule has 1 heterocycles. The Morgan fingerprint density at radius 3 is 2.92 bits per heavy atom. The molecule has 0 aliphatic heterocycles. The lowest BCUT2D eigenvalue weighted by atomic mass is 10.1. The molecule has 2 rings (SSSR count). The van der Waals surface area contributed by atoms with Gasteiger partial charge in [-0.15, -0.1) is 0 Å². The number of nitrogens with zero attached hydrogens (tertiary/aromatic N) is 1. The number of aromatic nitrogens is 1. The number of carbonyl (C=O) groups excluding carboxylic acids is 1. The van der Waals surface area contributed by atoms with Crippen LogP contribution in [-0.4, -0.2) is 10.7 Å². The molecular weight excluding hydrogens is 182 g/mol. The molecule has 2 nitrogen and oxygen atoms in total. The van der Waals surface area contributed by atoms with Crippen LogP contribution in [0.25, 0.3) is 11.3 Å². The van der Waals surface area contributed by atoms with Gasteiger partial charge in [0.1, 0.15) is 6.29 Å². The van der Waals surface area contributed by atoms with E-state index >= 15 is 0 Å². The fourth-order valence-corrected chi connectivity index (χ4v) is 1.66. The van der Waals surface area contributed by atoms with Crippen LogP contribution in [0.15, 0.2) is 35.7 Å². The summed E-state index contributed by atoms with van der Waals surface area (Å²) in [7, 11) is 0. The SMILES string of the molecule is O=Cc1cccc(-c2ccsn2)c1. The second-order valence-electron chi connectivity index (χ2n) is 2.63. The second kappa shape index (κ2) is 3.49. The lowest BCUT2D eigenvalue weighted by Crippen LogP contribution is -1.81. The first kappa shape index (κ1) is 8.13. The Labute approximate surface area is 80.0 Å². The van der Waals surface area contributed by atoms with Crippen molar-refractivity contribution < 1.29 is 4.79 Å². The monoisotopic (exact) mass is 189 g/mol. The Bertz CT molecular complexity index is 409. The Morgan fingerprint density at radius 1 is 1.31 bits per heavy atom. The van der Waals surface area contributed by atoms with E-state index in [-0.39, 0.29) is 0 Å². The number of benzene rings is 1. The van der Waals surface area contributed by atoms with Gasteiger partial charge in [0.15, 0.2) is 0 Å². The van der Waals surface area contributed by atoms with Gasteiger partial charge in [-0.2, -0.15) is 4.37 Å². The third-order valence-corrected chi connectivity index (χ3v) is 2.32. The lowest BCUT2D eigenvalue weighted by molar-refractivity contribution is 0.112. The van der Waals surface area contributed by atoms with Gasteiger partial charge in [-0.25, -0.2) is 0 Å². The highest BCUT2D eigenvalue weighted by Gasteiger charge is 1.99. The molecule has 3 heteroatoms. The van der Waals surface area contributed by atoms with Crippen molar-refractivity contribution in [2.45, 2.75) is 0 Å².